The fourth-order valence-electron chi connectivity index (χ4n) is 2.16. The van der Waals surface area contributed by atoms with Gasteiger partial charge >= 0.3 is 0 Å². The van der Waals surface area contributed by atoms with Crippen molar-refractivity contribution in [3.8, 4) is 6.07 Å². The molecule has 2 rings (SSSR count). The molecule has 2 heterocycles. The van der Waals surface area contributed by atoms with E-state index in [9.17, 15) is 0 Å². The Balaban J connectivity index is 0.00000162. The lowest BCUT2D eigenvalue weighted by Crippen LogP contribution is -2.45. The average molecular weight is 324 g/mol. The van der Waals surface area contributed by atoms with Crippen LogP contribution in [0.25, 0.3) is 0 Å². The van der Waals surface area contributed by atoms with Crippen LogP contribution in [0.2, 0.25) is 5.15 Å². The van der Waals surface area contributed by atoms with Crippen molar-refractivity contribution in [3.63, 3.8) is 0 Å². The van der Waals surface area contributed by atoms with Crippen LogP contribution in [0, 0.1) is 11.3 Å². The summed E-state index contributed by atoms with van der Waals surface area (Å²) in [7, 11) is 0. The van der Waals surface area contributed by atoms with Gasteiger partial charge in [-0.05, 0) is 6.07 Å². The molecule has 0 bridgehead atoms. The van der Waals surface area contributed by atoms with Crippen molar-refractivity contribution in [1.29, 1.82) is 5.26 Å². The molecule has 1 atom stereocenters. The Morgan fingerprint density at radius 2 is 2.11 bits per heavy atom. The molecule has 1 aromatic rings. The molecule has 0 radical (unpaired) electrons. The zero-order chi connectivity index (χ0) is 12.1. The molecular weight excluding hydrogens is 307 g/mol. The molecule has 0 aliphatic carbocycles. The lowest BCUT2D eigenvalue weighted by Gasteiger charge is -2.34. The number of hydrogen-bond acceptors (Lipinski definition) is 4. The fraction of sp³-hybridized carbons (Fsp3) is 0.500. The van der Waals surface area contributed by atoms with Gasteiger partial charge in [0.15, 0.2) is 0 Å². The molecule has 0 amide bonds. The van der Waals surface area contributed by atoms with E-state index in [-0.39, 0.29) is 30.9 Å². The summed E-state index contributed by atoms with van der Waals surface area (Å²) in [6, 6.07) is 6.13. The van der Waals surface area contributed by atoms with Gasteiger partial charge in [0.1, 0.15) is 5.15 Å². The van der Waals surface area contributed by atoms with Gasteiger partial charge in [0.25, 0.3) is 0 Å². The Bertz CT molecular complexity index is 416. The second-order valence-electron chi connectivity index (χ2n) is 4.05. The van der Waals surface area contributed by atoms with Crippen molar-refractivity contribution in [3.05, 3.63) is 29.0 Å². The summed E-state index contributed by atoms with van der Waals surface area (Å²) in [5.41, 5.74) is 0.956. The lowest BCUT2D eigenvalue weighted by molar-refractivity contribution is 0.175. The first-order valence-corrected chi connectivity index (χ1v) is 6.13. The van der Waals surface area contributed by atoms with E-state index >= 15 is 0 Å². The third-order valence-corrected chi connectivity index (χ3v) is 3.34. The van der Waals surface area contributed by atoms with Crippen LogP contribution in [0.4, 0.5) is 0 Å². The largest absolute Gasteiger partial charge is 0.314 e. The van der Waals surface area contributed by atoms with Crippen LogP contribution in [0.5, 0.6) is 0 Å². The van der Waals surface area contributed by atoms with Gasteiger partial charge in [-0.25, -0.2) is 4.98 Å². The van der Waals surface area contributed by atoms with E-state index in [4.69, 9.17) is 16.9 Å². The van der Waals surface area contributed by atoms with E-state index in [0.717, 1.165) is 31.7 Å². The van der Waals surface area contributed by atoms with Crippen LogP contribution in [0.3, 0.4) is 0 Å². The molecule has 0 spiro atoms. The van der Waals surface area contributed by atoms with Gasteiger partial charge in [-0.2, -0.15) is 5.26 Å². The highest BCUT2D eigenvalue weighted by Gasteiger charge is 2.23. The highest BCUT2D eigenvalue weighted by atomic mass is 35.5. The molecular formula is C12H17Cl3N4. The highest BCUT2D eigenvalue weighted by molar-refractivity contribution is 6.30. The minimum atomic E-state index is 0. The summed E-state index contributed by atoms with van der Waals surface area (Å²) in [5, 5.41) is 12.8. The summed E-state index contributed by atoms with van der Waals surface area (Å²) in [6.45, 7) is 3.80. The van der Waals surface area contributed by atoms with Gasteiger partial charge in [0, 0.05) is 37.9 Å². The molecule has 106 valence electrons. The van der Waals surface area contributed by atoms with Crippen molar-refractivity contribution < 1.29 is 0 Å². The second kappa shape index (κ2) is 9.35. The van der Waals surface area contributed by atoms with E-state index in [1.54, 1.807) is 6.20 Å². The fourth-order valence-corrected chi connectivity index (χ4v) is 2.41. The number of rotatable bonds is 3. The van der Waals surface area contributed by atoms with Gasteiger partial charge in [0.2, 0.25) is 0 Å². The van der Waals surface area contributed by atoms with Crippen molar-refractivity contribution in [1.82, 2.24) is 15.2 Å². The van der Waals surface area contributed by atoms with Crippen molar-refractivity contribution in [2.24, 2.45) is 0 Å². The summed E-state index contributed by atoms with van der Waals surface area (Å²) < 4.78 is 0. The Kier molecular flexibility index (Phi) is 9.07. The number of hydrogen-bond donors (Lipinski definition) is 1. The minimum absolute atomic E-state index is 0. The molecule has 4 nitrogen and oxygen atoms in total. The highest BCUT2D eigenvalue weighted by Crippen LogP contribution is 2.28. The van der Waals surface area contributed by atoms with Crippen molar-refractivity contribution >= 4 is 36.4 Å². The first-order valence-electron chi connectivity index (χ1n) is 5.75. The molecule has 7 heteroatoms. The van der Waals surface area contributed by atoms with E-state index in [1.807, 2.05) is 12.1 Å². The Hall–Kier alpha value is -0.570. The van der Waals surface area contributed by atoms with E-state index in [1.165, 1.54) is 0 Å². The molecule has 0 aromatic carbocycles. The molecule has 1 aliphatic heterocycles. The average Bonchev–Trinajstić information content (AvgIpc) is 2.38. The van der Waals surface area contributed by atoms with Gasteiger partial charge < -0.3 is 5.32 Å². The Morgan fingerprint density at radius 3 is 2.68 bits per heavy atom. The number of nitrogens with one attached hydrogen (secondary N) is 1. The lowest BCUT2D eigenvalue weighted by atomic mass is 10.0. The van der Waals surface area contributed by atoms with Crippen LogP contribution in [0.15, 0.2) is 18.3 Å². The maximum Gasteiger partial charge on any atom is 0.133 e. The zero-order valence-electron chi connectivity index (χ0n) is 10.4. The maximum atomic E-state index is 8.96. The minimum Gasteiger partial charge on any atom is -0.314 e. The first kappa shape index (κ1) is 18.4. The van der Waals surface area contributed by atoms with Gasteiger partial charge in [-0.1, -0.05) is 17.7 Å². The molecule has 1 N–H and O–H groups in total. The standard InChI is InChI=1S/C12H15ClN4.2ClH/c13-12-10(2-1-5-16-12)11(3-4-14)17-8-6-15-7-9-17;;/h1-2,5,11,15H,3,6-9H2;2*1H/t11-;;/m0../s1. The Labute approximate surface area is 131 Å². The summed E-state index contributed by atoms with van der Waals surface area (Å²) >= 11 is 6.11. The monoisotopic (exact) mass is 322 g/mol. The molecule has 1 saturated heterocycles. The van der Waals surface area contributed by atoms with Crippen molar-refractivity contribution in [2.45, 2.75) is 12.5 Å². The molecule has 0 saturated carbocycles. The van der Waals surface area contributed by atoms with Gasteiger partial charge in [-0.15, -0.1) is 24.8 Å². The summed E-state index contributed by atoms with van der Waals surface area (Å²) in [5.74, 6) is 0. The third kappa shape index (κ3) is 4.79. The van der Waals surface area contributed by atoms with Crippen molar-refractivity contribution in [2.75, 3.05) is 26.2 Å². The van der Waals surface area contributed by atoms with Crippen LogP contribution < -0.4 is 5.32 Å². The number of nitrogens with zero attached hydrogens (tertiary/aromatic N) is 3. The number of halogens is 3. The van der Waals surface area contributed by atoms with Crippen LogP contribution in [-0.4, -0.2) is 36.1 Å². The molecule has 1 aliphatic rings. The molecule has 1 aromatic heterocycles. The molecule has 1 fully saturated rings. The van der Waals surface area contributed by atoms with Crippen LogP contribution >= 0.6 is 36.4 Å². The number of aromatic nitrogens is 1. The quantitative estimate of drug-likeness (QED) is 0.868. The molecule has 0 unspecified atom stereocenters. The van der Waals surface area contributed by atoms with Gasteiger partial charge in [-0.3, -0.25) is 4.90 Å². The summed E-state index contributed by atoms with van der Waals surface area (Å²) in [6.07, 6.45) is 2.12. The molecule has 19 heavy (non-hydrogen) atoms. The number of piperazine rings is 1. The topological polar surface area (TPSA) is 52.0 Å². The van der Waals surface area contributed by atoms with Crippen LogP contribution in [-0.2, 0) is 0 Å². The smallest absolute Gasteiger partial charge is 0.133 e. The Morgan fingerprint density at radius 1 is 1.42 bits per heavy atom. The van der Waals surface area contributed by atoms with E-state index < -0.39 is 0 Å². The zero-order valence-corrected chi connectivity index (χ0v) is 12.8. The van der Waals surface area contributed by atoms with E-state index in [2.05, 4.69) is 21.3 Å². The maximum absolute atomic E-state index is 8.96. The first-order chi connectivity index (χ1) is 8.33. The SMILES string of the molecule is Cl.Cl.N#CC[C@@H](c1cccnc1Cl)N1CCNCC1. The second-order valence-corrected chi connectivity index (χ2v) is 4.41. The summed E-state index contributed by atoms with van der Waals surface area (Å²) in [4.78, 5) is 6.39. The predicted octanol–water partition coefficient (Wildman–Crippen LogP) is 2.44. The third-order valence-electron chi connectivity index (χ3n) is 3.02. The van der Waals surface area contributed by atoms with Crippen LogP contribution in [0.1, 0.15) is 18.0 Å². The normalized spacial score (nSPS) is 16.6. The number of pyridine rings is 1. The predicted molar refractivity (Wildman–Crippen MR) is 81.2 cm³/mol. The van der Waals surface area contributed by atoms with Gasteiger partial charge in [0.05, 0.1) is 18.5 Å². The number of nitriles is 1. The van der Waals surface area contributed by atoms with E-state index in [0.29, 0.717) is 11.6 Å².